The van der Waals surface area contributed by atoms with E-state index in [4.69, 9.17) is 9.47 Å². The maximum absolute atomic E-state index is 5.64. The van der Waals surface area contributed by atoms with Crippen molar-refractivity contribution in [2.45, 2.75) is 44.2 Å². The summed E-state index contributed by atoms with van der Waals surface area (Å²) in [5.41, 5.74) is 0. The van der Waals surface area contributed by atoms with Crippen LogP contribution in [0.4, 0.5) is 0 Å². The number of nitrogens with one attached hydrogen (secondary N) is 1. The van der Waals surface area contributed by atoms with Gasteiger partial charge >= 0.3 is 0 Å². The van der Waals surface area contributed by atoms with Crippen molar-refractivity contribution in [3.05, 3.63) is 0 Å². The second-order valence-corrected chi connectivity index (χ2v) is 6.08. The van der Waals surface area contributed by atoms with Crippen molar-refractivity contribution in [3.63, 3.8) is 0 Å². The fourth-order valence-electron chi connectivity index (χ4n) is 2.37. The zero-order chi connectivity index (χ0) is 11.8. The predicted molar refractivity (Wildman–Crippen MR) is 72.8 cm³/mol. The van der Waals surface area contributed by atoms with Crippen LogP contribution in [-0.2, 0) is 9.47 Å². The van der Waals surface area contributed by atoms with Crippen LogP contribution in [-0.4, -0.2) is 50.0 Å². The minimum absolute atomic E-state index is 0.373. The van der Waals surface area contributed by atoms with Gasteiger partial charge in [0, 0.05) is 25.0 Å². The van der Waals surface area contributed by atoms with E-state index < -0.39 is 0 Å². The molecule has 0 aromatic rings. The first kappa shape index (κ1) is 13.7. The first-order valence-corrected chi connectivity index (χ1v) is 8.11. The van der Waals surface area contributed by atoms with Crippen molar-refractivity contribution in [2.75, 3.05) is 37.9 Å². The summed E-state index contributed by atoms with van der Waals surface area (Å²) in [6.45, 7) is 3.68. The number of thioether (sulfide) groups is 1. The Morgan fingerprint density at radius 2 is 2.29 bits per heavy atom. The topological polar surface area (TPSA) is 30.5 Å². The van der Waals surface area contributed by atoms with Crippen LogP contribution in [0.3, 0.4) is 0 Å². The number of hydrogen-bond donors (Lipinski definition) is 1. The molecular weight excluding hydrogens is 234 g/mol. The fourth-order valence-corrected chi connectivity index (χ4v) is 3.48. The Kier molecular flexibility index (Phi) is 6.71. The Morgan fingerprint density at radius 3 is 3.06 bits per heavy atom. The van der Waals surface area contributed by atoms with E-state index in [0.717, 1.165) is 38.8 Å². The lowest BCUT2D eigenvalue weighted by atomic mass is 10.2. The van der Waals surface area contributed by atoms with Crippen LogP contribution in [0.2, 0.25) is 0 Å². The summed E-state index contributed by atoms with van der Waals surface area (Å²) in [5.74, 6) is 2.64. The summed E-state index contributed by atoms with van der Waals surface area (Å²) >= 11 is 2.08. The van der Waals surface area contributed by atoms with Crippen molar-refractivity contribution in [1.29, 1.82) is 0 Å². The van der Waals surface area contributed by atoms with Crippen molar-refractivity contribution >= 4 is 11.8 Å². The van der Waals surface area contributed by atoms with Gasteiger partial charge in [-0.2, -0.15) is 11.8 Å². The molecule has 2 rings (SSSR count). The van der Waals surface area contributed by atoms with E-state index >= 15 is 0 Å². The van der Waals surface area contributed by atoms with Gasteiger partial charge in [-0.3, -0.25) is 0 Å². The third-order valence-electron chi connectivity index (χ3n) is 3.39. The van der Waals surface area contributed by atoms with Crippen molar-refractivity contribution in [2.24, 2.45) is 0 Å². The lowest BCUT2D eigenvalue weighted by Gasteiger charge is -2.22. The molecule has 2 saturated heterocycles. The third-order valence-corrected chi connectivity index (χ3v) is 4.60. The van der Waals surface area contributed by atoms with Gasteiger partial charge in [-0.25, -0.2) is 0 Å². The van der Waals surface area contributed by atoms with Crippen LogP contribution in [0.25, 0.3) is 0 Å². The van der Waals surface area contributed by atoms with Gasteiger partial charge in [-0.15, -0.1) is 0 Å². The molecule has 2 atom stereocenters. The standard InChI is InChI=1S/C13H25NO2S/c1-5-13(16-8-1)10-15-7-3-6-14-12-4-2-9-17-11-12/h12-14H,1-11H2. The molecule has 2 heterocycles. The monoisotopic (exact) mass is 259 g/mol. The van der Waals surface area contributed by atoms with Gasteiger partial charge in [-0.05, 0) is 44.4 Å². The molecule has 2 aliphatic rings. The highest BCUT2D eigenvalue weighted by atomic mass is 32.2. The molecule has 4 heteroatoms. The normalized spacial score (nSPS) is 29.6. The third kappa shape index (κ3) is 5.60. The Labute approximate surface area is 109 Å². The number of rotatable bonds is 7. The zero-order valence-corrected chi connectivity index (χ0v) is 11.5. The Balaban J connectivity index is 1.38. The Hall–Kier alpha value is 0.230. The highest BCUT2D eigenvalue weighted by Crippen LogP contribution is 2.16. The molecule has 0 aliphatic carbocycles. The molecule has 3 nitrogen and oxygen atoms in total. The molecule has 0 saturated carbocycles. The molecule has 2 aliphatic heterocycles. The molecule has 0 spiro atoms. The van der Waals surface area contributed by atoms with Gasteiger partial charge in [0.15, 0.2) is 0 Å². The average molecular weight is 259 g/mol. The van der Waals surface area contributed by atoms with Crippen LogP contribution in [0.1, 0.15) is 32.1 Å². The number of hydrogen-bond acceptors (Lipinski definition) is 4. The predicted octanol–water partition coefficient (Wildman–Crippen LogP) is 2.06. The van der Waals surface area contributed by atoms with Crippen molar-refractivity contribution in [3.8, 4) is 0 Å². The van der Waals surface area contributed by atoms with Gasteiger partial charge in [0.05, 0.1) is 12.7 Å². The molecular formula is C13H25NO2S. The maximum atomic E-state index is 5.64. The average Bonchev–Trinajstić information content (AvgIpc) is 2.88. The lowest BCUT2D eigenvalue weighted by molar-refractivity contribution is 0.0165. The summed E-state index contributed by atoms with van der Waals surface area (Å²) in [6, 6.07) is 0.743. The van der Waals surface area contributed by atoms with E-state index in [1.165, 1.54) is 37.2 Å². The Morgan fingerprint density at radius 1 is 1.29 bits per heavy atom. The second-order valence-electron chi connectivity index (χ2n) is 4.93. The van der Waals surface area contributed by atoms with Crippen molar-refractivity contribution in [1.82, 2.24) is 5.32 Å². The van der Waals surface area contributed by atoms with E-state index in [0.29, 0.717) is 6.10 Å². The fraction of sp³-hybridized carbons (Fsp3) is 1.00. The molecule has 2 unspecified atom stereocenters. The van der Waals surface area contributed by atoms with Crippen LogP contribution < -0.4 is 5.32 Å². The van der Waals surface area contributed by atoms with E-state index in [9.17, 15) is 0 Å². The largest absolute Gasteiger partial charge is 0.379 e. The van der Waals surface area contributed by atoms with Crippen LogP contribution in [0, 0.1) is 0 Å². The summed E-state index contributed by atoms with van der Waals surface area (Å²) < 4.78 is 11.1. The van der Waals surface area contributed by atoms with Gasteiger partial charge < -0.3 is 14.8 Å². The zero-order valence-electron chi connectivity index (χ0n) is 10.7. The molecule has 0 bridgehead atoms. The molecule has 100 valence electrons. The first-order valence-electron chi connectivity index (χ1n) is 6.95. The highest BCUT2D eigenvalue weighted by molar-refractivity contribution is 7.99. The highest BCUT2D eigenvalue weighted by Gasteiger charge is 2.15. The van der Waals surface area contributed by atoms with Gasteiger partial charge in [-0.1, -0.05) is 0 Å². The molecule has 0 amide bonds. The van der Waals surface area contributed by atoms with Gasteiger partial charge in [0.1, 0.15) is 0 Å². The molecule has 2 fully saturated rings. The molecule has 0 radical (unpaired) electrons. The van der Waals surface area contributed by atoms with E-state index in [2.05, 4.69) is 17.1 Å². The van der Waals surface area contributed by atoms with E-state index in [1.807, 2.05) is 0 Å². The summed E-state index contributed by atoms with van der Waals surface area (Å²) in [7, 11) is 0. The summed E-state index contributed by atoms with van der Waals surface area (Å²) in [4.78, 5) is 0. The van der Waals surface area contributed by atoms with E-state index in [-0.39, 0.29) is 0 Å². The molecule has 1 N–H and O–H groups in total. The van der Waals surface area contributed by atoms with Gasteiger partial charge in [0.2, 0.25) is 0 Å². The molecule has 0 aromatic heterocycles. The minimum Gasteiger partial charge on any atom is -0.379 e. The molecule has 17 heavy (non-hydrogen) atoms. The first-order chi connectivity index (χ1) is 8.45. The van der Waals surface area contributed by atoms with Gasteiger partial charge in [0.25, 0.3) is 0 Å². The van der Waals surface area contributed by atoms with Crippen LogP contribution in [0.15, 0.2) is 0 Å². The minimum atomic E-state index is 0.373. The summed E-state index contributed by atoms with van der Waals surface area (Å²) in [6.07, 6.45) is 6.60. The van der Waals surface area contributed by atoms with E-state index in [1.54, 1.807) is 0 Å². The smallest absolute Gasteiger partial charge is 0.0809 e. The quantitative estimate of drug-likeness (QED) is 0.709. The number of ether oxygens (including phenoxy) is 2. The maximum Gasteiger partial charge on any atom is 0.0809 e. The van der Waals surface area contributed by atoms with Crippen LogP contribution in [0.5, 0.6) is 0 Å². The van der Waals surface area contributed by atoms with Crippen molar-refractivity contribution < 1.29 is 9.47 Å². The lowest BCUT2D eigenvalue weighted by Crippen LogP contribution is -2.34. The second kappa shape index (κ2) is 8.35. The SMILES string of the molecule is C(CNC1CCCSC1)COCC1CCCO1. The molecule has 0 aromatic carbocycles. The summed E-state index contributed by atoms with van der Waals surface area (Å²) in [5, 5.41) is 3.62. The Bertz CT molecular complexity index is 192. The van der Waals surface area contributed by atoms with Crippen LogP contribution >= 0.6 is 11.8 Å².